The third kappa shape index (κ3) is 1.52. The number of rotatable bonds is 2. The van der Waals surface area contributed by atoms with Crippen molar-refractivity contribution < 1.29 is 18.0 Å². The summed E-state index contributed by atoms with van der Waals surface area (Å²) in [5, 5.41) is 0. The van der Waals surface area contributed by atoms with E-state index in [0.29, 0.717) is 13.2 Å². The first-order chi connectivity index (χ1) is 3.50. The zero-order chi connectivity index (χ0) is 6.78. The van der Waals surface area contributed by atoms with Crippen LogP contribution >= 0.6 is 0 Å². The molecule has 1 nitrogen and oxygen atoms in total. The van der Waals surface area contributed by atoms with E-state index >= 15 is 0 Å². The molecule has 4 heteroatoms. The first kappa shape index (κ1) is 7.46. The molecule has 0 spiro atoms. The van der Waals surface area contributed by atoms with Gasteiger partial charge < -0.3 is 0 Å². The Kier molecular flexibility index (Phi) is 2.01. The van der Waals surface area contributed by atoms with Crippen molar-refractivity contribution in [2.75, 3.05) is 0 Å². The Bertz CT molecular complexity index is 89.3. The minimum atomic E-state index is -3.28. The molecule has 0 aromatic carbocycles. The minimum Gasteiger partial charge on any atom is -0.287 e. The highest BCUT2D eigenvalue weighted by Gasteiger charge is 2.35. The molecule has 0 aromatic heterocycles. The third-order valence-corrected chi connectivity index (χ3v) is 0.609. The Morgan fingerprint density at radius 3 is 2.00 bits per heavy atom. The fourth-order valence-electron chi connectivity index (χ4n) is 0.0445. The van der Waals surface area contributed by atoms with Crippen LogP contribution in [0.2, 0.25) is 0 Å². The highest BCUT2D eigenvalue weighted by Crippen LogP contribution is 2.16. The molecular weight excluding hydrogens is 121 g/mol. The van der Waals surface area contributed by atoms with Gasteiger partial charge in [0.05, 0.1) is 0 Å². The van der Waals surface area contributed by atoms with E-state index in [-0.39, 0.29) is 0 Å². The van der Waals surface area contributed by atoms with Gasteiger partial charge in [0, 0.05) is 0 Å². The first-order valence-corrected chi connectivity index (χ1v) is 1.87. The highest BCUT2D eigenvalue weighted by atomic mass is 19.3. The monoisotopic (exact) mass is 125 g/mol. The van der Waals surface area contributed by atoms with Crippen molar-refractivity contribution in [2.24, 2.45) is 0 Å². The molecule has 0 saturated carbocycles. The molecule has 0 aromatic rings. The molecule has 0 aliphatic rings. The Balaban J connectivity index is 3.90. The maximum atomic E-state index is 11.8. The van der Waals surface area contributed by atoms with E-state index in [1.807, 2.05) is 0 Å². The largest absolute Gasteiger partial charge is 0.287 e. The summed E-state index contributed by atoms with van der Waals surface area (Å²) in [6.07, 6.45) is -2.70. The molecule has 0 heterocycles. The molecule has 1 radical (unpaired) electrons. The molecule has 1 atom stereocenters. The van der Waals surface area contributed by atoms with Gasteiger partial charge in [0.25, 0.3) is 6.43 Å². The van der Waals surface area contributed by atoms with Gasteiger partial charge in [-0.25, -0.2) is 13.2 Å². The van der Waals surface area contributed by atoms with Gasteiger partial charge in [-0.05, 0) is 6.92 Å². The number of halogens is 3. The van der Waals surface area contributed by atoms with Gasteiger partial charge in [-0.2, -0.15) is 0 Å². The van der Waals surface area contributed by atoms with Gasteiger partial charge in [0.2, 0.25) is 12.0 Å². The van der Waals surface area contributed by atoms with Crippen LogP contribution in [0.3, 0.4) is 0 Å². The topological polar surface area (TPSA) is 17.1 Å². The summed E-state index contributed by atoms with van der Waals surface area (Å²) in [5.74, 6) is 0. The van der Waals surface area contributed by atoms with Crippen molar-refractivity contribution >= 4 is 6.29 Å². The smallest absolute Gasteiger partial charge is 0.279 e. The number of hydrogen-bond donors (Lipinski definition) is 0. The number of hydrogen-bond acceptors (Lipinski definition) is 1. The van der Waals surface area contributed by atoms with Crippen LogP contribution in [0.4, 0.5) is 13.2 Å². The summed E-state index contributed by atoms with van der Waals surface area (Å²) in [6.45, 7) is 0.477. The summed E-state index contributed by atoms with van der Waals surface area (Å²) in [4.78, 5) is 9.29. The van der Waals surface area contributed by atoms with Crippen LogP contribution in [-0.2, 0) is 4.79 Å². The van der Waals surface area contributed by atoms with Crippen LogP contribution in [0.25, 0.3) is 0 Å². The molecule has 0 bridgehead atoms. The van der Waals surface area contributed by atoms with Crippen LogP contribution in [0.15, 0.2) is 0 Å². The molecule has 0 aliphatic heterocycles. The van der Waals surface area contributed by atoms with Gasteiger partial charge in [-0.3, -0.25) is 4.79 Å². The molecule has 0 fully saturated rings. The van der Waals surface area contributed by atoms with Crippen LogP contribution < -0.4 is 0 Å². The molecule has 0 rings (SSSR count). The lowest BCUT2D eigenvalue weighted by molar-refractivity contribution is 0.0222. The summed E-state index contributed by atoms with van der Waals surface area (Å²) >= 11 is 0. The summed E-state index contributed by atoms with van der Waals surface area (Å²) < 4.78 is 34.1. The predicted molar refractivity (Wildman–Crippen MR) is 21.2 cm³/mol. The highest BCUT2D eigenvalue weighted by molar-refractivity contribution is 5.62. The van der Waals surface area contributed by atoms with Crippen molar-refractivity contribution in [2.45, 2.75) is 19.0 Å². The number of alkyl halides is 3. The third-order valence-electron chi connectivity index (χ3n) is 0.609. The Hall–Kier alpha value is -0.540. The molecule has 0 amide bonds. The normalized spacial score (nSPS) is 18.1. The molecule has 47 valence electrons. The second-order valence-corrected chi connectivity index (χ2v) is 1.48. The second kappa shape index (κ2) is 2.15. The maximum Gasteiger partial charge on any atom is 0.279 e. The molecule has 8 heavy (non-hydrogen) atoms. The summed E-state index contributed by atoms with van der Waals surface area (Å²) in [6, 6.07) is 0. The standard InChI is InChI=1S/C4H4F3O/c1-4(7,2-8)3(5)6/h3H,1H3. The van der Waals surface area contributed by atoms with E-state index in [1.54, 1.807) is 0 Å². The van der Waals surface area contributed by atoms with Crippen LogP contribution in [0.1, 0.15) is 6.92 Å². The van der Waals surface area contributed by atoms with E-state index < -0.39 is 12.1 Å². The molecular formula is C4H4F3O. The van der Waals surface area contributed by atoms with E-state index in [0.717, 1.165) is 0 Å². The van der Waals surface area contributed by atoms with E-state index in [2.05, 4.69) is 0 Å². The predicted octanol–water partition coefficient (Wildman–Crippen LogP) is 1.09. The fraction of sp³-hybridized carbons (Fsp3) is 0.750. The average Bonchev–Trinajstić information content (AvgIpc) is 1.67. The molecule has 0 N–H and O–H groups in total. The van der Waals surface area contributed by atoms with E-state index in [9.17, 15) is 18.0 Å². The van der Waals surface area contributed by atoms with Gasteiger partial charge in [-0.15, -0.1) is 0 Å². The van der Waals surface area contributed by atoms with Crippen molar-refractivity contribution in [1.29, 1.82) is 0 Å². The quantitative estimate of drug-likeness (QED) is 0.539. The minimum absolute atomic E-state index is 0.477. The van der Waals surface area contributed by atoms with Gasteiger partial charge in [-0.1, -0.05) is 0 Å². The van der Waals surface area contributed by atoms with Gasteiger partial charge >= 0.3 is 0 Å². The SMILES string of the molecule is CC(F)([C]=O)C(F)F. The van der Waals surface area contributed by atoms with Gasteiger partial charge in [0.15, 0.2) is 0 Å². The van der Waals surface area contributed by atoms with Crippen molar-refractivity contribution in [3.05, 3.63) is 0 Å². The lowest BCUT2D eigenvalue weighted by atomic mass is 10.2. The Morgan fingerprint density at radius 1 is 1.62 bits per heavy atom. The molecule has 0 saturated heterocycles. The lowest BCUT2D eigenvalue weighted by Crippen LogP contribution is -2.29. The van der Waals surface area contributed by atoms with Crippen LogP contribution in [0, 0.1) is 0 Å². The summed E-state index contributed by atoms with van der Waals surface area (Å²) in [7, 11) is 0. The molecule has 1 unspecified atom stereocenters. The zero-order valence-electron chi connectivity index (χ0n) is 4.12. The maximum absolute atomic E-state index is 11.8. The van der Waals surface area contributed by atoms with Crippen molar-refractivity contribution in [3.8, 4) is 0 Å². The van der Waals surface area contributed by atoms with Crippen molar-refractivity contribution in [3.63, 3.8) is 0 Å². The summed E-state index contributed by atoms with van der Waals surface area (Å²) in [5.41, 5.74) is -3.10. The number of carbonyl (C=O) groups excluding carboxylic acids is 1. The van der Waals surface area contributed by atoms with E-state index in [4.69, 9.17) is 0 Å². The second-order valence-electron chi connectivity index (χ2n) is 1.48. The molecule has 0 aliphatic carbocycles. The Morgan fingerprint density at radius 2 is 2.00 bits per heavy atom. The van der Waals surface area contributed by atoms with E-state index in [1.165, 1.54) is 0 Å². The van der Waals surface area contributed by atoms with Crippen LogP contribution in [0.5, 0.6) is 0 Å². The fourth-order valence-corrected chi connectivity index (χ4v) is 0.0445. The zero-order valence-corrected chi connectivity index (χ0v) is 4.12. The van der Waals surface area contributed by atoms with Crippen molar-refractivity contribution in [1.82, 2.24) is 0 Å². The van der Waals surface area contributed by atoms with Gasteiger partial charge in [0.1, 0.15) is 0 Å². The van der Waals surface area contributed by atoms with Crippen LogP contribution in [-0.4, -0.2) is 18.4 Å². The first-order valence-electron chi connectivity index (χ1n) is 1.87. The average molecular weight is 125 g/mol. The lowest BCUT2D eigenvalue weighted by Gasteiger charge is -2.07. The Labute approximate surface area is 44.5 Å².